The maximum Gasteiger partial charge on any atom is 0.138 e. The van der Waals surface area contributed by atoms with Crippen molar-refractivity contribution in [2.45, 2.75) is 0 Å². The van der Waals surface area contributed by atoms with Crippen LogP contribution >= 0.6 is 22.7 Å². The van der Waals surface area contributed by atoms with Crippen molar-refractivity contribution in [2.75, 3.05) is 4.90 Å². The van der Waals surface area contributed by atoms with Crippen molar-refractivity contribution in [3.63, 3.8) is 0 Å². The van der Waals surface area contributed by atoms with Crippen LogP contribution in [0.1, 0.15) is 0 Å². The fourth-order valence-corrected chi connectivity index (χ4v) is 8.97. The van der Waals surface area contributed by atoms with Crippen LogP contribution in [-0.2, 0) is 0 Å². The van der Waals surface area contributed by atoms with Crippen molar-refractivity contribution in [1.29, 1.82) is 0 Å². The number of thiophene rings is 2. The topological polar surface area (TPSA) is 29.3 Å². The van der Waals surface area contributed by atoms with Crippen LogP contribution in [0.15, 0.2) is 138 Å². The first-order valence-corrected chi connectivity index (χ1v) is 16.2. The van der Waals surface area contributed by atoms with Crippen LogP contribution in [0.2, 0.25) is 0 Å². The van der Waals surface area contributed by atoms with Gasteiger partial charge in [0.05, 0.1) is 4.70 Å². The highest BCUT2D eigenvalue weighted by atomic mass is 32.1. The summed E-state index contributed by atoms with van der Waals surface area (Å²) in [4.78, 5) is 7.39. The van der Waals surface area contributed by atoms with E-state index in [0.717, 1.165) is 39.1 Å². The van der Waals surface area contributed by atoms with Gasteiger partial charge in [0.2, 0.25) is 0 Å². The van der Waals surface area contributed by atoms with Crippen molar-refractivity contribution in [3.05, 3.63) is 134 Å². The molecule has 0 saturated carbocycles. The second kappa shape index (κ2) is 9.13. The van der Waals surface area contributed by atoms with Crippen LogP contribution in [0, 0.1) is 0 Å². The largest absolute Gasteiger partial charge is 0.456 e. The Morgan fingerprint density at radius 1 is 0.477 bits per heavy atom. The number of pyridine rings is 1. The molecule has 0 saturated heterocycles. The molecule has 0 spiro atoms. The lowest BCUT2D eigenvalue weighted by atomic mass is 10.1. The fourth-order valence-electron chi connectivity index (χ4n) is 6.64. The van der Waals surface area contributed by atoms with Gasteiger partial charge < -0.3 is 4.42 Å². The number of furan rings is 1. The zero-order valence-corrected chi connectivity index (χ0v) is 25.0. The first-order chi connectivity index (χ1) is 21.8. The van der Waals surface area contributed by atoms with E-state index in [-0.39, 0.29) is 0 Å². The number of nitrogens with zero attached hydrogens (tertiary/aromatic N) is 2. The highest BCUT2D eigenvalue weighted by molar-refractivity contribution is 7.26. The Morgan fingerprint density at radius 3 is 2.16 bits per heavy atom. The summed E-state index contributed by atoms with van der Waals surface area (Å²) < 4.78 is 11.2. The van der Waals surface area contributed by atoms with E-state index in [1.54, 1.807) is 0 Å². The molecule has 206 valence electrons. The van der Waals surface area contributed by atoms with E-state index >= 15 is 0 Å². The van der Waals surface area contributed by atoms with Crippen LogP contribution < -0.4 is 4.90 Å². The molecule has 0 fully saturated rings. The van der Waals surface area contributed by atoms with Gasteiger partial charge in [0.25, 0.3) is 0 Å². The molecule has 4 heterocycles. The molecule has 6 aromatic carbocycles. The summed E-state index contributed by atoms with van der Waals surface area (Å²) >= 11 is 3.66. The Morgan fingerprint density at radius 2 is 1.20 bits per heavy atom. The molecule has 4 aromatic heterocycles. The summed E-state index contributed by atoms with van der Waals surface area (Å²) in [5.41, 5.74) is 3.90. The van der Waals surface area contributed by atoms with E-state index in [4.69, 9.17) is 9.40 Å². The number of anilines is 3. The van der Waals surface area contributed by atoms with Crippen LogP contribution in [0.3, 0.4) is 0 Å². The highest BCUT2D eigenvalue weighted by Gasteiger charge is 2.19. The lowest BCUT2D eigenvalue weighted by Gasteiger charge is -2.24. The average Bonchev–Trinajstić information content (AvgIpc) is 3.75. The van der Waals surface area contributed by atoms with Crippen molar-refractivity contribution >= 4 is 113 Å². The fraction of sp³-hybridized carbons (Fsp3) is 0. The minimum Gasteiger partial charge on any atom is -0.456 e. The summed E-state index contributed by atoms with van der Waals surface area (Å²) in [6.07, 6.45) is 2.04. The first-order valence-electron chi connectivity index (χ1n) is 14.6. The van der Waals surface area contributed by atoms with Gasteiger partial charge in [-0.05, 0) is 59.3 Å². The molecule has 10 aromatic rings. The van der Waals surface area contributed by atoms with Gasteiger partial charge in [0, 0.05) is 64.0 Å². The summed E-state index contributed by atoms with van der Waals surface area (Å²) in [6.45, 7) is 0. The molecule has 5 heteroatoms. The van der Waals surface area contributed by atoms with Gasteiger partial charge in [-0.3, -0.25) is 4.90 Å². The quantitative estimate of drug-likeness (QED) is 0.203. The Kier molecular flexibility index (Phi) is 5.03. The van der Waals surface area contributed by atoms with Gasteiger partial charge in [0.15, 0.2) is 0 Å². The number of rotatable bonds is 3. The van der Waals surface area contributed by atoms with Gasteiger partial charge in [0.1, 0.15) is 17.0 Å². The Labute approximate surface area is 259 Å². The molecule has 0 radical (unpaired) electrons. The smallest absolute Gasteiger partial charge is 0.138 e. The molecule has 0 unspecified atom stereocenters. The number of hydrogen-bond donors (Lipinski definition) is 0. The van der Waals surface area contributed by atoms with Crippen molar-refractivity contribution < 1.29 is 4.42 Å². The number of fused-ring (bicyclic) bond motifs is 11. The molecule has 0 aliphatic carbocycles. The van der Waals surface area contributed by atoms with E-state index < -0.39 is 0 Å². The number of benzene rings is 6. The molecule has 10 rings (SSSR count). The summed E-state index contributed by atoms with van der Waals surface area (Å²) in [5, 5.41) is 9.84. The number of para-hydroxylation sites is 1. The number of hydrogen-bond acceptors (Lipinski definition) is 5. The first kappa shape index (κ1) is 24.2. The van der Waals surface area contributed by atoms with Crippen LogP contribution in [0.4, 0.5) is 17.2 Å². The Balaban J connectivity index is 1.23. The van der Waals surface area contributed by atoms with E-state index in [9.17, 15) is 0 Å². The Bertz CT molecular complexity index is 2750. The molecular weight excluding hydrogens is 577 g/mol. The lowest BCUT2D eigenvalue weighted by Crippen LogP contribution is -2.11. The van der Waals surface area contributed by atoms with Crippen LogP contribution in [0.25, 0.3) is 73.1 Å². The minimum absolute atomic E-state index is 0.883. The van der Waals surface area contributed by atoms with Crippen molar-refractivity contribution in [3.8, 4) is 0 Å². The molecular formula is C39H22N2OS2. The molecule has 0 aliphatic heterocycles. The van der Waals surface area contributed by atoms with E-state index in [2.05, 4.69) is 120 Å². The van der Waals surface area contributed by atoms with Crippen LogP contribution in [0.5, 0.6) is 0 Å². The standard InChI is InChI=1S/C39H22N2OS2/c1-2-8-26-23(7-1)13-16-30-32-21-38(40-22-37(32)44-39(26)30)41(24-15-18-34-31(19-24)27-9-3-5-11-33(27)42-34)25-14-17-29-28-10-4-6-12-35(28)43-36(29)20-25/h1-22H. The Hall–Kier alpha value is -5.23. The third-order valence-electron chi connectivity index (χ3n) is 8.70. The third-order valence-corrected chi connectivity index (χ3v) is 11.0. The van der Waals surface area contributed by atoms with E-state index in [1.807, 2.05) is 41.0 Å². The summed E-state index contributed by atoms with van der Waals surface area (Å²) in [7, 11) is 0. The maximum atomic E-state index is 6.19. The van der Waals surface area contributed by atoms with Crippen molar-refractivity contribution in [1.82, 2.24) is 4.98 Å². The molecule has 3 nitrogen and oxygen atoms in total. The minimum atomic E-state index is 0.883. The SMILES string of the molecule is c1ccc2c(c1)ccc1c3cc(N(c4ccc5c(c4)sc4ccccc45)c4ccc5oc6ccccc6c5c4)ncc3sc21. The van der Waals surface area contributed by atoms with E-state index in [0.29, 0.717) is 0 Å². The predicted octanol–water partition coefficient (Wildman–Crippen LogP) is 12.3. The normalized spacial score (nSPS) is 12.1. The highest BCUT2D eigenvalue weighted by Crippen LogP contribution is 2.44. The van der Waals surface area contributed by atoms with Gasteiger partial charge >= 0.3 is 0 Å². The second-order valence-corrected chi connectivity index (χ2v) is 13.3. The predicted molar refractivity (Wildman–Crippen MR) is 189 cm³/mol. The molecule has 0 bridgehead atoms. The van der Waals surface area contributed by atoms with Crippen molar-refractivity contribution in [2.24, 2.45) is 0 Å². The molecule has 0 atom stereocenters. The molecule has 0 amide bonds. The zero-order chi connectivity index (χ0) is 28.8. The maximum absolute atomic E-state index is 6.19. The van der Waals surface area contributed by atoms with Crippen LogP contribution in [-0.4, -0.2) is 4.98 Å². The third kappa shape index (κ3) is 3.51. The molecule has 44 heavy (non-hydrogen) atoms. The summed E-state index contributed by atoms with van der Waals surface area (Å²) in [6, 6.07) is 45.5. The lowest BCUT2D eigenvalue weighted by molar-refractivity contribution is 0.669. The molecule has 0 aliphatic rings. The molecule has 0 N–H and O–H groups in total. The average molecular weight is 599 g/mol. The second-order valence-electron chi connectivity index (χ2n) is 11.2. The zero-order valence-electron chi connectivity index (χ0n) is 23.3. The van der Waals surface area contributed by atoms with Gasteiger partial charge in [-0.1, -0.05) is 78.9 Å². The van der Waals surface area contributed by atoms with Gasteiger partial charge in [-0.15, -0.1) is 22.7 Å². The summed E-state index contributed by atoms with van der Waals surface area (Å²) in [5.74, 6) is 0.887. The van der Waals surface area contributed by atoms with Gasteiger partial charge in [-0.2, -0.15) is 0 Å². The monoisotopic (exact) mass is 598 g/mol. The van der Waals surface area contributed by atoms with E-state index in [1.165, 1.54) is 51.1 Å². The number of aromatic nitrogens is 1. The van der Waals surface area contributed by atoms with Gasteiger partial charge in [-0.25, -0.2) is 4.98 Å².